The number of carbonyl (C=O) groups excluding carboxylic acids is 1. The molecule has 3 rings (SSSR count). The predicted molar refractivity (Wildman–Crippen MR) is 119 cm³/mol. The van der Waals surface area contributed by atoms with E-state index in [1.54, 1.807) is 42.8 Å². The van der Waals surface area contributed by atoms with E-state index in [0.29, 0.717) is 28.6 Å². The van der Waals surface area contributed by atoms with E-state index in [0.717, 1.165) is 5.56 Å². The van der Waals surface area contributed by atoms with Crippen LogP contribution in [-0.4, -0.2) is 39.8 Å². The lowest BCUT2D eigenvalue weighted by molar-refractivity contribution is -0.385. The van der Waals surface area contributed by atoms with Gasteiger partial charge in [-0.15, -0.1) is 11.3 Å². The maximum atomic E-state index is 11.5. The molecule has 0 aliphatic carbocycles. The van der Waals surface area contributed by atoms with Crippen LogP contribution >= 0.6 is 11.3 Å². The number of benzene rings is 2. The molecule has 0 aliphatic rings. The van der Waals surface area contributed by atoms with Crippen LogP contribution in [0.2, 0.25) is 0 Å². The lowest BCUT2D eigenvalue weighted by Crippen LogP contribution is -2.07. The molecule has 2 N–H and O–H groups in total. The molecule has 164 valence electrons. The zero-order valence-electron chi connectivity index (χ0n) is 16.8. The van der Waals surface area contributed by atoms with Crippen molar-refractivity contribution in [2.75, 3.05) is 12.0 Å². The molecule has 1 heterocycles. The Kier molecular flexibility index (Phi) is 7.24. The fourth-order valence-corrected chi connectivity index (χ4v) is 3.43. The molecule has 0 unspecified atom stereocenters. The smallest absolute Gasteiger partial charge is 0.342 e. The molecule has 0 aliphatic heterocycles. The van der Waals surface area contributed by atoms with Crippen LogP contribution in [0.25, 0.3) is 11.1 Å². The number of hydrazone groups is 1. The number of carboxylic acid groups (broad SMARTS) is 1. The van der Waals surface area contributed by atoms with Gasteiger partial charge in [-0.2, -0.15) is 5.10 Å². The number of anilines is 1. The summed E-state index contributed by atoms with van der Waals surface area (Å²) >= 11 is 1.31. The van der Waals surface area contributed by atoms with Gasteiger partial charge in [0, 0.05) is 11.4 Å². The Morgan fingerprint density at radius 2 is 1.97 bits per heavy atom. The molecule has 0 fully saturated rings. The molecule has 32 heavy (non-hydrogen) atoms. The van der Waals surface area contributed by atoms with Crippen LogP contribution in [0.15, 0.2) is 52.9 Å². The van der Waals surface area contributed by atoms with Gasteiger partial charge in [-0.05, 0) is 29.7 Å². The maximum Gasteiger partial charge on any atom is 0.342 e. The number of ether oxygens (including phenoxy) is 1. The second-order valence-corrected chi connectivity index (χ2v) is 7.27. The van der Waals surface area contributed by atoms with E-state index in [-0.39, 0.29) is 18.0 Å². The van der Waals surface area contributed by atoms with Crippen LogP contribution in [-0.2, 0) is 16.0 Å². The zero-order chi connectivity index (χ0) is 23.1. The van der Waals surface area contributed by atoms with Gasteiger partial charge in [0.25, 0.3) is 5.69 Å². The molecule has 0 radical (unpaired) electrons. The third-order valence-corrected chi connectivity index (χ3v) is 5.02. The normalized spacial score (nSPS) is 10.8. The van der Waals surface area contributed by atoms with Crippen molar-refractivity contribution < 1.29 is 24.4 Å². The van der Waals surface area contributed by atoms with Crippen molar-refractivity contribution >= 4 is 40.3 Å². The number of nitrogens with one attached hydrogen (secondary N) is 1. The average Bonchev–Trinajstić information content (AvgIpc) is 3.20. The molecule has 0 bridgehead atoms. The van der Waals surface area contributed by atoms with Crippen LogP contribution < -0.4 is 5.43 Å². The summed E-state index contributed by atoms with van der Waals surface area (Å²) in [5.41, 5.74) is 4.56. The van der Waals surface area contributed by atoms with Crippen LogP contribution in [0.4, 0.5) is 10.8 Å². The summed E-state index contributed by atoms with van der Waals surface area (Å²) in [7, 11) is 0. The van der Waals surface area contributed by atoms with Gasteiger partial charge in [0.15, 0.2) is 0 Å². The van der Waals surface area contributed by atoms with Crippen LogP contribution in [0.3, 0.4) is 0 Å². The van der Waals surface area contributed by atoms with E-state index in [1.807, 2.05) is 0 Å². The number of hydrogen-bond acceptors (Lipinski definition) is 9. The Balaban J connectivity index is 1.65. The molecule has 2 aromatic carbocycles. The Labute approximate surface area is 186 Å². The van der Waals surface area contributed by atoms with Gasteiger partial charge in [-0.1, -0.05) is 30.3 Å². The summed E-state index contributed by atoms with van der Waals surface area (Å²) in [4.78, 5) is 37.3. The number of rotatable bonds is 9. The second-order valence-electron chi connectivity index (χ2n) is 6.41. The van der Waals surface area contributed by atoms with Crippen molar-refractivity contribution in [1.82, 2.24) is 4.98 Å². The summed E-state index contributed by atoms with van der Waals surface area (Å²) in [5, 5.41) is 26.7. The highest BCUT2D eigenvalue weighted by Gasteiger charge is 2.20. The highest BCUT2D eigenvalue weighted by molar-refractivity contribution is 7.13. The molecular formula is C21H18N4O6S. The Morgan fingerprint density at radius 3 is 2.62 bits per heavy atom. The molecule has 0 saturated heterocycles. The first-order valence-corrected chi connectivity index (χ1v) is 10.3. The number of nitro benzene ring substituents is 1. The van der Waals surface area contributed by atoms with Gasteiger partial charge < -0.3 is 9.84 Å². The number of aromatic nitrogens is 1. The Hall–Kier alpha value is -4.12. The van der Waals surface area contributed by atoms with Gasteiger partial charge in [0.05, 0.1) is 29.9 Å². The van der Waals surface area contributed by atoms with Crippen molar-refractivity contribution in [2.24, 2.45) is 5.10 Å². The van der Waals surface area contributed by atoms with Gasteiger partial charge in [-0.25, -0.2) is 9.78 Å². The first kappa shape index (κ1) is 22.6. The standard InChI is InChI=1S/C21H18N4O6S/c1-2-31-19(26)10-16-12-32-21(23-16)24-22-11-13-3-5-14(6-4-13)15-7-8-17(20(27)28)18(9-15)25(29)30/h3-9,11-12H,2,10H2,1H3,(H,23,24)(H,27,28). The van der Waals surface area contributed by atoms with Crippen molar-refractivity contribution in [3.8, 4) is 11.1 Å². The summed E-state index contributed by atoms with van der Waals surface area (Å²) in [6.07, 6.45) is 1.68. The number of thiazole rings is 1. The summed E-state index contributed by atoms with van der Waals surface area (Å²) < 4.78 is 4.89. The van der Waals surface area contributed by atoms with E-state index < -0.39 is 16.6 Å². The first-order chi connectivity index (χ1) is 15.4. The molecular weight excluding hydrogens is 436 g/mol. The first-order valence-electron chi connectivity index (χ1n) is 9.38. The molecule has 0 amide bonds. The van der Waals surface area contributed by atoms with Crippen molar-refractivity contribution in [2.45, 2.75) is 13.3 Å². The molecule has 11 heteroatoms. The molecule has 1 aromatic heterocycles. The number of carboxylic acids is 1. The maximum absolute atomic E-state index is 11.5. The molecule has 0 atom stereocenters. The molecule has 0 saturated carbocycles. The molecule has 10 nitrogen and oxygen atoms in total. The monoisotopic (exact) mass is 454 g/mol. The van der Waals surface area contributed by atoms with Crippen molar-refractivity contribution in [3.05, 3.63) is 74.8 Å². The lowest BCUT2D eigenvalue weighted by atomic mass is 10.0. The summed E-state index contributed by atoms with van der Waals surface area (Å²) in [6.45, 7) is 2.06. The number of hydrogen-bond donors (Lipinski definition) is 2. The van der Waals surface area contributed by atoms with E-state index in [1.165, 1.54) is 29.5 Å². The highest BCUT2D eigenvalue weighted by Crippen LogP contribution is 2.27. The van der Waals surface area contributed by atoms with E-state index in [4.69, 9.17) is 9.84 Å². The Morgan fingerprint density at radius 1 is 1.25 bits per heavy atom. The highest BCUT2D eigenvalue weighted by atomic mass is 32.1. The second kappa shape index (κ2) is 10.3. The largest absolute Gasteiger partial charge is 0.477 e. The van der Waals surface area contributed by atoms with Crippen LogP contribution in [0, 0.1) is 10.1 Å². The Bertz CT molecular complexity index is 1170. The number of esters is 1. The van der Waals surface area contributed by atoms with E-state index in [2.05, 4.69) is 15.5 Å². The average molecular weight is 454 g/mol. The van der Waals surface area contributed by atoms with Crippen molar-refractivity contribution in [3.63, 3.8) is 0 Å². The third-order valence-electron chi connectivity index (χ3n) is 4.23. The number of carbonyl (C=O) groups is 2. The van der Waals surface area contributed by atoms with Gasteiger partial charge in [0.2, 0.25) is 5.13 Å². The van der Waals surface area contributed by atoms with Crippen LogP contribution in [0.5, 0.6) is 0 Å². The minimum absolute atomic E-state index is 0.100. The minimum atomic E-state index is -1.35. The fraction of sp³-hybridized carbons (Fsp3) is 0.143. The molecule has 0 spiro atoms. The van der Waals surface area contributed by atoms with Gasteiger partial charge in [0.1, 0.15) is 5.56 Å². The number of nitrogens with zero attached hydrogens (tertiary/aromatic N) is 3. The van der Waals surface area contributed by atoms with E-state index in [9.17, 15) is 19.7 Å². The quantitative estimate of drug-likeness (QED) is 0.214. The van der Waals surface area contributed by atoms with Crippen LogP contribution in [0.1, 0.15) is 28.5 Å². The number of nitro groups is 1. The SMILES string of the molecule is CCOC(=O)Cc1csc(NN=Cc2ccc(-c3ccc(C(=O)O)c([N+](=O)[O-])c3)cc2)n1. The zero-order valence-corrected chi connectivity index (χ0v) is 17.7. The lowest BCUT2D eigenvalue weighted by Gasteiger charge is -2.04. The summed E-state index contributed by atoms with van der Waals surface area (Å²) in [5.74, 6) is -1.69. The summed E-state index contributed by atoms with van der Waals surface area (Å²) in [6, 6.07) is 11.0. The molecule has 3 aromatic rings. The topological polar surface area (TPSA) is 144 Å². The third kappa shape index (κ3) is 5.73. The minimum Gasteiger partial charge on any atom is -0.477 e. The van der Waals surface area contributed by atoms with Gasteiger partial charge >= 0.3 is 11.9 Å². The fourth-order valence-electron chi connectivity index (χ4n) is 2.77. The van der Waals surface area contributed by atoms with Gasteiger partial charge in [-0.3, -0.25) is 20.3 Å². The van der Waals surface area contributed by atoms with E-state index >= 15 is 0 Å². The number of aromatic carboxylic acids is 1. The van der Waals surface area contributed by atoms with Crippen molar-refractivity contribution in [1.29, 1.82) is 0 Å². The predicted octanol–water partition coefficient (Wildman–Crippen LogP) is 3.97.